The van der Waals surface area contributed by atoms with Gasteiger partial charge in [0.2, 0.25) is 0 Å². The van der Waals surface area contributed by atoms with Gasteiger partial charge in [-0.1, -0.05) is 6.42 Å². The monoisotopic (exact) mass is 196 g/mol. The third kappa shape index (κ3) is 2.96. The van der Waals surface area contributed by atoms with Gasteiger partial charge in [0.1, 0.15) is 0 Å². The molecule has 0 aromatic heterocycles. The standard InChI is InChI=1S/C12H24N2/c1-13-8-7-12-4-2-3-9-14(12)10-11-5-6-11/h11-13H,2-10H2,1H3. The molecule has 82 valence electrons. The molecule has 2 nitrogen and oxygen atoms in total. The number of nitrogens with one attached hydrogen (secondary N) is 1. The van der Waals surface area contributed by atoms with Gasteiger partial charge >= 0.3 is 0 Å². The highest BCUT2D eigenvalue weighted by molar-refractivity contribution is 4.83. The van der Waals surface area contributed by atoms with Crippen molar-refractivity contribution in [2.45, 2.75) is 44.6 Å². The molecular weight excluding hydrogens is 172 g/mol. The van der Waals surface area contributed by atoms with Crippen LogP contribution in [0, 0.1) is 5.92 Å². The Morgan fingerprint density at radius 3 is 2.79 bits per heavy atom. The molecule has 1 saturated heterocycles. The first kappa shape index (κ1) is 10.4. The highest BCUT2D eigenvalue weighted by Crippen LogP contribution is 2.32. The van der Waals surface area contributed by atoms with Crippen LogP contribution in [0.4, 0.5) is 0 Å². The van der Waals surface area contributed by atoms with Crippen molar-refractivity contribution in [1.82, 2.24) is 10.2 Å². The van der Waals surface area contributed by atoms with Crippen LogP contribution in [0.5, 0.6) is 0 Å². The minimum atomic E-state index is 0.886. The van der Waals surface area contributed by atoms with Gasteiger partial charge in [-0.25, -0.2) is 0 Å². The topological polar surface area (TPSA) is 15.3 Å². The summed E-state index contributed by atoms with van der Waals surface area (Å²) in [6, 6.07) is 0.886. The fraction of sp³-hybridized carbons (Fsp3) is 1.00. The van der Waals surface area contributed by atoms with Crippen LogP contribution in [-0.2, 0) is 0 Å². The molecule has 2 aliphatic rings. The Morgan fingerprint density at radius 2 is 2.07 bits per heavy atom. The van der Waals surface area contributed by atoms with Crippen molar-refractivity contribution in [1.29, 1.82) is 0 Å². The first-order valence-corrected chi connectivity index (χ1v) is 6.29. The second-order valence-electron chi connectivity index (χ2n) is 4.98. The second kappa shape index (κ2) is 5.13. The molecule has 1 aliphatic heterocycles. The summed E-state index contributed by atoms with van der Waals surface area (Å²) >= 11 is 0. The van der Waals surface area contributed by atoms with E-state index in [0.29, 0.717) is 0 Å². The summed E-state index contributed by atoms with van der Waals surface area (Å²) in [6.07, 6.45) is 8.67. The normalized spacial score (nSPS) is 29.4. The molecule has 1 N–H and O–H groups in total. The second-order valence-corrected chi connectivity index (χ2v) is 4.98. The number of hydrogen-bond acceptors (Lipinski definition) is 2. The van der Waals surface area contributed by atoms with Crippen LogP contribution in [0.1, 0.15) is 38.5 Å². The Bertz CT molecular complexity index is 166. The predicted octanol–water partition coefficient (Wildman–Crippen LogP) is 1.86. The van der Waals surface area contributed by atoms with Gasteiger partial charge in [-0.15, -0.1) is 0 Å². The SMILES string of the molecule is CNCCC1CCCCN1CC1CC1. The lowest BCUT2D eigenvalue weighted by molar-refractivity contribution is 0.134. The number of likely N-dealkylation sites (tertiary alicyclic amines) is 1. The molecule has 0 amide bonds. The molecule has 0 spiro atoms. The lowest BCUT2D eigenvalue weighted by atomic mass is 9.99. The summed E-state index contributed by atoms with van der Waals surface area (Å²) < 4.78 is 0. The van der Waals surface area contributed by atoms with Crippen molar-refractivity contribution in [3.8, 4) is 0 Å². The molecule has 2 fully saturated rings. The van der Waals surface area contributed by atoms with E-state index in [2.05, 4.69) is 17.3 Å². The van der Waals surface area contributed by atoms with Crippen LogP contribution in [0.15, 0.2) is 0 Å². The zero-order valence-corrected chi connectivity index (χ0v) is 9.47. The fourth-order valence-electron chi connectivity index (χ4n) is 2.57. The van der Waals surface area contributed by atoms with Crippen LogP contribution >= 0.6 is 0 Å². The van der Waals surface area contributed by atoms with E-state index >= 15 is 0 Å². The molecule has 1 aliphatic carbocycles. The van der Waals surface area contributed by atoms with Gasteiger partial charge in [0, 0.05) is 12.6 Å². The average molecular weight is 196 g/mol. The molecule has 1 heterocycles. The van der Waals surface area contributed by atoms with Crippen LogP contribution in [0.2, 0.25) is 0 Å². The summed E-state index contributed by atoms with van der Waals surface area (Å²) in [6.45, 7) is 3.95. The van der Waals surface area contributed by atoms with Crippen molar-refractivity contribution in [2.75, 3.05) is 26.7 Å². The first-order chi connectivity index (χ1) is 6.90. The van der Waals surface area contributed by atoms with Crippen LogP contribution in [0.25, 0.3) is 0 Å². The van der Waals surface area contributed by atoms with Crippen molar-refractivity contribution in [3.05, 3.63) is 0 Å². The minimum Gasteiger partial charge on any atom is -0.320 e. The van der Waals surface area contributed by atoms with Crippen molar-refractivity contribution in [2.24, 2.45) is 5.92 Å². The van der Waals surface area contributed by atoms with E-state index in [1.54, 1.807) is 0 Å². The van der Waals surface area contributed by atoms with Gasteiger partial charge in [-0.05, 0) is 58.2 Å². The fourth-order valence-corrected chi connectivity index (χ4v) is 2.57. The Labute approximate surface area is 88.1 Å². The van der Waals surface area contributed by atoms with Crippen molar-refractivity contribution >= 4 is 0 Å². The molecule has 14 heavy (non-hydrogen) atoms. The van der Waals surface area contributed by atoms with E-state index in [0.717, 1.165) is 12.0 Å². The molecule has 1 atom stereocenters. The Hall–Kier alpha value is -0.0800. The maximum Gasteiger partial charge on any atom is 0.0107 e. The van der Waals surface area contributed by atoms with E-state index in [1.807, 2.05) is 0 Å². The third-order valence-electron chi connectivity index (χ3n) is 3.67. The van der Waals surface area contributed by atoms with E-state index in [9.17, 15) is 0 Å². The first-order valence-electron chi connectivity index (χ1n) is 6.29. The molecule has 0 aromatic carbocycles. The number of piperidine rings is 1. The lowest BCUT2D eigenvalue weighted by Gasteiger charge is -2.36. The van der Waals surface area contributed by atoms with Gasteiger partial charge in [0.25, 0.3) is 0 Å². The number of rotatable bonds is 5. The molecule has 0 radical (unpaired) electrons. The van der Waals surface area contributed by atoms with E-state index in [1.165, 1.54) is 58.2 Å². The molecule has 1 unspecified atom stereocenters. The highest BCUT2D eigenvalue weighted by Gasteiger charge is 2.29. The molecule has 1 saturated carbocycles. The Balaban J connectivity index is 1.76. The minimum absolute atomic E-state index is 0.886. The summed E-state index contributed by atoms with van der Waals surface area (Å²) in [4.78, 5) is 2.76. The summed E-state index contributed by atoms with van der Waals surface area (Å²) in [5, 5.41) is 3.28. The van der Waals surface area contributed by atoms with Gasteiger partial charge in [-0.3, -0.25) is 0 Å². The molecule has 0 aromatic rings. The van der Waals surface area contributed by atoms with E-state index in [-0.39, 0.29) is 0 Å². The Morgan fingerprint density at radius 1 is 1.21 bits per heavy atom. The van der Waals surface area contributed by atoms with Gasteiger partial charge in [-0.2, -0.15) is 0 Å². The maximum atomic E-state index is 3.28. The van der Waals surface area contributed by atoms with Crippen molar-refractivity contribution in [3.63, 3.8) is 0 Å². The third-order valence-corrected chi connectivity index (χ3v) is 3.67. The highest BCUT2D eigenvalue weighted by atomic mass is 15.2. The summed E-state index contributed by atoms with van der Waals surface area (Å²) in [5.41, 5.74) is 0. The number of nitrogens with zero attached hydrogens (tertiary/aromatic N) is 1. The van der Waals surface area contributed by atoms with Crippen LogP contribution in [0.3, 0.4) is 0 Å². The zero-order chi connectivity index (χ0) is 9.80. The summed E-state index contributed by atoms with van der Waals surface area (Å²) in [7, 11) is 2.06. The number of hydrogen-bond donors (Lipinski definition) is 1. The van der Waals surface area contributed by atoms with Crippen LogP contribution in [-0.4, -0.2) is 37.6 Å². The molecular formula is C12H24N2. The molecule has 0 bridgehead atoms. The van der Waals surface area contributed by atoms with E-state index in [4.69, 9.17) is 0 Å². The average Bonchev–Trinajstić information content (AvgIpc) is 3.01. The van der Waals surface area contributed by atoms with E-state index < -0.39 is 0 Å². The van der Waals surface area contributed by atoms with Gasteiger partial charge in [0.05, 0.1) is 0 Å². The molecule has 2 heteroatoms. The van der Waals surface area contributed by atoms with Crippen LogP contribution < -0.4 is 5.32 Å². The largest absolute Gasteiger partial charge is 0.320 e. The van der Waals surface area contributed by atoms with Gasteiger partial charge in [0.15, 0.2) is 0 Å². The predicted molar refractivity (Wildman–Crippen MR) is 60.5 cm³/mol. The van der Waals surface area contributed by atoms with Crippen molar-refractivity contribution < 1.29 is 0 Å². The van der Waals surface area contributed by atoms with Gasteiger partial charge < -0.3 is 10.2 Å². The summed E-state index contributed by atoms with van der Waals surface area (Å²) in [5.74, 6) is 1.06. The zero-order valence-electron chi connectivity index (χ0n) is 9.47. The molecule has 2 rings (SSSR count). The smallest absolute Gasteiger partial charge is 0.0107 e. The maximum absolute atomic E-state index is 3.28. The lowest BCUT2D eigenvalue weighted by Crippen LogP contribution is -2.42. The quantitative estimate of drug-likeness (QED) is 0.722. The Kier molecular flexibility index (Phi) is 3.82.